The Morgan fingerprint density at radius 3 is 1.21 bits per heavy atom. The van der Waals surface area contributed by atoms with Gasteiger partial charge in [0.05, 0.1) is 11.9 Å². The van der Waals surface area contributed by atoms with E-state index in [1.54, 1.807) is 0 Å². The second kappa shape index (κ2) is 16.3. The van der Waals surface area contributed by atoms with Crippen molar-refractivity contribution in [3.63, 3.8) is 0 Å². The smallest absolute Gasteiger partial charge is 0.264 e. The average Bonchev–Trinajstić information content (AvgIpc) is 2.49. The minimum Gasteiger partial charge on any atom is -0.393 e. The third kappa shape index (κ3) is 21.9. The average molecular weight is 365 g/mol. The molecule has 0 saturated heterocycles. The molecule has 0 spiro atoms. The molecule has 1 unspecified atom stereocenters. The third-order valence-electron chi connectivity index (χ3n) is 4.52. The van der Waals surface area contributed by atoms with Gasteiger partial charge in [-0.2, -0.15) is 8.42 Å². The van der Waals surface area contributed by atoms with E-state index in [0.717, 1.165) is 25.7 Å². The predicted octanol–water partition coefficient (Wildman–Crippen LogP) is 5.50. The van der Waals surface area contributed by atoms with E-state index in [-0.39, 0.29) is 11.9 Å². The Balaban J connectivity index is 3.05. The van der Waals surface area contributed by atoms with E-state index < -0.39 is 10.1 Å². The zero-order valence-corrected chi connectivity index (χ0v) is 16.5. The van der Waals surface area contributed by atoms with Gasteiger partial charge in [-0.3, -0.25) is 4.55 Å². The summed E-state index contributed by atoms with van der Waals surface area (Å²) in [4.78, 5) is 0. The minimum absolute atomic E-state index is 0.0897. The van der Waals surface area contributed by atoms with Crippen LogP contribution in [0, 0.1) is 0 Å². The van der Waals surface area contributed by atoms with E-state index in [4.69, 9.17) is 9.66 Å². The Kier molecular flexibility index (Phi) is 16.3. The van der Waals surface area contributed by atoms with Crippen LogP contribution in [0.1, 0.15) is 110 Å². The first kappa shape index (κ1) is 23.9. The van der Waals surface area contributed by atoms with Gasteiger partial charge in [-0.15, -0.1) is 0 Å². The van der Waals surface area contributed by atoms with Crippen molar-refractivity contribution in [1.82, 2.24) is 0 Å². The van der Waals surface area contributed by atoms with Crippen LogP contribution in [-0.4, -0.2) is 29.9 Å². The predicted molar refractivity (Wildman–Crippen MR) is 102 cm³/mol. The van der Waals surface area contributed by atoms with Crippen molar-refractivity contribution in [2.45, 2.75) is 116 Å². The molecule has 24 heavy (non-hydrogen) atoms. The second-order valence-electron chi connectivity index (χ2n) is 7.23. The van der Waals surface area contributed by atoms with Crippen molar-refractivity contribution in [3.05, 3.63) is 0 Å². The highest BCUT2D eigenvalue weighted by molar-refractivity contribution is 7.85. The maximum absolute atomic E-state index is 10.5. The first-order chi connectivity index (χ1) is 11.4. The molecule has 0 aliphatic carbocycles. The van der Waals surface area contributed by atoms with Crippen molar-refractivity contribution in [3.8, 4) is 0 Å². The zero-order valence-electron chi connectivity index (χ0n) is 15.7. The standard InChI is InChI=1S/C19H40O4S/c1-19(20)17-15-13-11-9-7-5-3-2-4-6-8-10-12-14-16-18-24(21,22)23/h19-20H,2-18H2,1H3,(H,21,22,23). The van der Waals surface area contributed by atoms with Gasteiger partial charge in [0.25, 0.3) is 10.1 Å². The molecule has 0 bridgehead atoms. The van der Waals surface area contributed by atoms with Crippen LogP contribution in [0.4, 0.5) is 0 Å². The topological polar surface area (TPSA) is 74.6 Å². The van der Waals surface area contributed by atoms with Crippen LogP contribution in [0.25, 0.3) is 0 Å². The summed E-state index contributed by atoms with van der Waals surface area (Å²) in [6.07, 6.45) is 18.9. The molecule has 5 heteroatoms. The van der Waals surface area contributed by atoms with Gasteiger partial charge in [0.15, 0.2) is 0 Å². The molecule has 0 aromatic carbocycles. The van der Waals surface area contributed by atoms with Crippen LogP contribution in [0.15, 0.2) is 0 Å². The molecule has 4 nitrogen and oxygen atoms in total. The monoisotopic (exact) mass is 364 g/mol. The fraction of sp³-hybridized carbons (Fsp3) is 1.00. The molecule has 0 saturated carbocycles. The third-order valence-corrected chi connectivity index (χ3v) is 5.33. The second-order valence-corrected chi connectivity index (χ2v) is 8.80. The van der Waals surface area contributed by atoms with Gasteiger partial charge in [-0.25, -0.2) is 0 Å². The summed E-state index contributed by atoms with van der Waals surface area (Å²) in [6, 6.07) is 0. The van der Waals surface area contributed by atoms with Crippen molar-refractivity contribution in [2.24, 2.45) is 0 Å². The number of unbranched alkanes of at least 4 members (excludes halogenated alkanes) is 14. The number of rotatable bonds is 18. The zero-order chi connectivity index (χ0) is 18.1. The maximum atomic E-state index is 10.5. The SMILES string of the molecule is CC(O)CCCCCCCCCCCCCCCCCS(=O)(=O)O. The van der Waals surface area contributed by atoms with Crippen LogP contribution in [0.3, 0.4) is 0 Å². The minimum atomic E-state index is -3.76. The fourth-order valence-corrected chi connectivity index (χ4v) is 3.59. The molecular formula is C19H40O4S. The highest BCUT2D eigenvalue weighted by Crippen LogP contribution is 2.14. The normalized spacial score (nSPS) is 13.3. The van der Waals surface area contributed by atoms with Crippen LogP contribution in [0.5, 0.6) is 0 Å². The largest absolute Gasteiger partial charge is 0.393 e. The molecular weight excluding hydrogens is 324 g/mol. The van der Waals surface area contributed by atoms with Crippen LogP contribution in [0.2, 0.25) is 0 Å². The Bertz CT molecular complexity index is 352. The highest BCUT2D eigenvalue weighted by Gasteiger charge is 2.02. The number of hydrogen-bond donors (Lipinski definition) is 2. The molecule has 0 fully saturated rings. The lowest BCUT2D eigenvalue weighted by Crippen LogP contribution is -2.03. The first-order valence-electron chi connectivity index (χ1n) is 10.0. The summed E-state index contributed by atoms with van der Waals surface area (Å²) in [6.45, 7) is 1.87. The molecule has 0 rings (SSSR count). The van der Waals surface area contributed by atoms with Gasteiger partial charge in [0, 0.05) is 0 Å². The van der Waals surface area contributed by atoms with Gasteiger partial charge in [-0.05, 0) is 19.8 Å². The fourth-order valence-electron chi connectivity index (χ4n) is 3.02. The summed E-state index contributed by atoms with van der Waals surface area (Å²) < 4.78 is 29.7. The van der Waals surface area contributed by atoms with Crippen molar-refractivity contribution in [1.29, 1.82) is 0 Å². The molecule has 0 aliphatic rings. The van der Waals surface area contributed by atoms with E-state index in [1.165, 1.54) is 70.6 Å². The van der Waals surface area contributed by atoms with Gasteiger partial charge >= 0.3 is 0 Å². The molecule has 0 radical (unpaired) electrons. The van der Waals surface area contributed by atoms with Gasteiger partial charge < -0.3 is 5.11 Å². The molecule has 0 aliphatic heterocycles. The first-order valence-corrected chi connectivity index (χ1v) is 11.7. The lowest BCUT2D eigenvalue weighted by atomic mass is 10.0. The summed E-state index contributed by atoms with van der Waals surface area (Å²) in [5, 5.41) is 9.17. The van der Waals surface area contributed by atoms with E-state index in [0.29, 0.717) is 6.42 Å². The Hall–Kier alpha value is -0.130. The molecule has 0 aromatic heterocycles. The molecule has 146 valence electrons. The van der Waals surface area contributed by atoms with Crippen LogP contribution < -0.4 is 0 Å². The van der Waals surface area contributed by atoms with Crippen molar-refractivity contribution < 1.29 is 18.1 Å². The summed E-state index contributed by atoms with van der Waals surface area (Å²) in [7, 11) is -3.76. The Morgan fingerprint density at radius 2 is 0.917 bits per heavy atom. The number of aliphatic hydroxyl groups excluding tert-OH is 1. The van der Waals surface area contributed by atoms with E-state index in [9.17, 15) is 8.42 Å². The Labute approximate surface area is 150 Å². The van der Waals surface area contributed by atoms with Crippen molar-refractivity contribution in [2.75, 3.05) is 5.75 Å². The molecule has 0 aromatic rings. The molecule has 0 amide bonds. The van der Waals surface area contributed by atoms with E-state index in [1.807, 2.05) is 6.92 Å². The lowest BCUT2D eigenvalue weighted by molar-refractivity contribution is 0.180. The van der Waals surface area contributed by atoms with Gasteiger partial charge in [0.2, 0.25) is 0 Å². The van der Waals surface area contributed by atoms with Crippen LogP contribution in [-0.2, 0) is 10.1 Å². The van der Waals surface area contributed by atoms with Gasteiger partial charge in [-0.1, -0.05) is 89.9 Å². The quantitative estimate of drug-likeness (QED) is 0.249. The molecule has 0 heterocycles. The Morgan fingerprint density at radius 1 is 0.625 bits per heavy atom. The maximum Gasteiger partial charge on any atom is 0.264 e. The van der Waals surface area contributed by atoms with E-state index >= 15 is 0 Å². The highest BCUT2D eigenvalue weighted by atomic mass is 32.2. The van der Waals surface area contributed by atoms with Crippen LogP contribution >= 0.6 is 0 Å². The summed E-state index contributed by atoms with van der Waals surface area (Å²) in [5.41, 5.74) is 0. The van der Waals surface area contributed by atoms with E-state index in [2.05, 4.69) is 0 Å². The summed E-state index contributed by atoms with van der Waals surface area (Å²) in [5.74, 6) is -0.0897. The summed E-state index contributed by atoms with van der Waals surface area (Å²) >= 11 is 0. The lowest BCUT2D eigenvalue weighted by Gasteiger charge is -2.04. The van der Waals surface area contributed by atoms with Gasteiger partial charge in [0.1, 0.15) is 0 Å². The molecule has 2 N–H and O–H groups in total. The van der Waals surface area contributed by atoms with Crippen molar-refractivity contribution >= 4 is 10.1 Å². The molecule has 1 atom stereocenters. The number of aliphatic hydroxyl groups is 1. The number of hydrogen-bond acceptors (Lipinski definition) is 3.